The Morgan fingerprint density at radius 3 is 2.42 bits per heavy atom. The molecule has 0 N–H and O–H groups in total. The summed E-state index contributed by atoms with van der Waals surface area (Å²) in [6.07, 6.45) is -2.37. The topological polar surface area (TPSA) is 32.0 Å². The van der Waals surface area contributed by atoms with Gasteiger partial charge in [0.2, 0.25) is 0 Å². The van der Waals surface area contributed by atoms with E-state index >= 15 is 0 Å². The molecule has 1 aromatic heterocycles. The smallest absolute Gasteiger partial charge is 0.335 e. The van der Waals surface area contributed by atoms with E-state index in [2.05, 4.69) is 0 Å². The molecule has 0 radical (unpaired) electrons. The van der Waals surface area contributed by atoms with Gasteiger partial charge in [-0.2, -0.15) is 18.4 Å². The average molecular weight is 351 g/mol. The molecule has 0 saturated carbocycles. The molecule has 0 amide bonds. The lowest BCUT2D eigenvalue weighted by Gasteiger charge is -2.19. The van der Waals surface area contributed by atoms with Crippen molar-refractivity contribution >= 4 is 11.9 Å². The fourth-order valence-electron chi connectivity index (χ4n) is 2.82. The van der Waals surface area contributed by atoms with E-state index in [1.807, 2.05) is 10.4 Å². The lowest BCUT2D eigenvalue weighted by Crippen LogP contribution is -2.13. The standard InChI is InChI=1S/C17H16F3N3S/c1-22-13(11-21)5-6-15(22)12-4-7-16(14(10-12)17(18,19)20)24-23-8-2-3-9-23/h4-7,10H,2-3,8-9H2,1H3. The molecule has 1 fully saturated rings. The Bertz CT molecular complexity index is 783. The normalized spacial score (nSPS) is 15.6. The molecular formula is C17H16F3N3S. The minimum atomic E-state index is -4.42. The number of nitriles is 1. The minimum Gasteiger partial charge on any atom is -0.335 e. The Balaban J connectivity index is 2.01. The molecule has 3 nitrogen and oxygen atoms in total. The van der Waals surface area contributed by atoms with E-state index in [-0.39, 0.29) is 4.90 Å². The minimum absolute atomic E-state index is 0.225. The van der Waals surface area contributed by atoms with Crippen molar-refractivity contribution in [1.82, 2.24) is 8.87 Å². The Hall–Kier alpha value is -1.91. The first kappa shape index (κ1) is 16.9. The average Bonchev–Trinajstić information content (AvgIpc) is 3.16. The number of benzene rings is 1. The molecule has 7 heteroatoms. The molecular weight excluding hydrogens is 335 g/mol. The van der Waals surface area contributed by atoms with Gasteiger partial charge in [-0.05, 0) is 54.6 Å². The van der Waals surface area contributed by atoms with Crippen LogP contribution in [-0.4, -0.2) is 22.0 Å². The number of hydrogen-bond acceptors (Lipinski definition) is 3. The molecule has 1 aromatic carbocycles. The van der Waals surface area contributed by atoms with E-state index < -0.39 is 11.7 Å². The van der Waals surface area contributed by atoms with E-state index in [1.165, 1.54) is 24.1 Å². The molecule has 0 bridgehead atoms. The molecule has 2 aromatic rings. The van der Waals surface area contributed by atoms with Crippen LogP contribution in [0.25, 0.3) is 11.3 Å². The Morgan fingerprint density at radius 1 is 1.12 bits per heavy atom. The van der Waals surface area contributed by atoms with Crippen LogP contribution < -0.4 is 0 Å². The number of aromatic nitrogens is 1. The third kappa shape index (κ3) is 3.30. The van der Waals surface area contributed by atoms with Crippen molar-refractivity contribution in [2.75, 3.05) is 13.1 Å². The van der Waals surface area contributed by atoms with Crippen molar-refractivity contribution in [1.29, 1.82) is 5.26 Å². The first-order chi connectivity index (χ1) is 11.4. The van der Waals surface area contributed by atoms with Crippen LogP contribution in [0.5, 0.6) is 0 Å². The lowest BCUT2D eigenvalue weighted by atomic mass is 10.1. The fraction of sp³-hybridized carbons (Fsp3) is 0.353. The van der Waals surface area contributed by atoms with Crippen molar-refractivity contribution in [2.45, 2.75) is 23.9 Å². The summed E-state index contributed by atoms with van der Waals surface area (Å²) in [6.45, 7) is 1.63. The molecule has 0 unspecified atom stereocenters. The Kier molecular flexibility index (Phi) is 4.61. The highest BCUT2D eigenvalue weighted by Gasteiger charge is 2.35. The van der Waals surface area contributed by atoms with Gasteiger partial charge in [0.05, 0.1) is 5.56 Å². The van der Waals surface area contributed by atoms with E-state index in [9.17, 15) is 13.2 Å². The van der Waals surface area contributed by atoms with Gasteiger partial charge >= 0.3 is 6.18 Å². The molecule has 24 heavy (non-hydrogen) atoms. The molecule has 1 saturated heterocycles. The van der Waals surface area contributed by atoms with Gasteiger partial charge < -0.3 is 4.57 Å². The first-order valence-corrected chi connectivity index (χ1v) is 8.38. The van der Waals surface area contributed by atoms with Crippen LogP contribution in [0.4, 0.5) is 13.2 Å². The number of rotatable bonds is 3. The van der Waals surface area contributed by atoms with E-state index in [1.54, 1.807) is 29.8 Å². The van der Waals surface area contributed by atoms with Gasteiger partial charge in [0.1, 0.15) is 11.8 Å². The van der Waals surface area contributed by atoms with Crippen LogP contribution in [-0.2, 0) is 13.2 Å². The van der Waals surface area contributed by atoms with E-state index in [0.29, 0.717) is 17.0 Å². The second-order valence-corrected chi connectivity index (χ2v) is 6.85. The second-order valence-electron chi connectivity index (χ2n) is 5.71. The van der Waals surface area contributed by atoms with Gasteiger partial charge in [0.25, 0.3) is 0 Å². The van der Waals surface area contributed by atoms with Gasteiger partial charge in [0.15, 0.2) is 0 Å². The Morgan fingerprint density at radius 2 is 1.83 bits per heavy atom. The summed E-state index contributed by atoms with van der Waals surface area (Å²) in [6, 6.07) is 9.68. The van der Waals surface area contributed by atoms with Crippen molar-refractivity contribution in [3.05, 3.63) is 41.6 Å². The summed E-state index contributed by atoms with van der Waals surface area (Å²) in [5.74, 6) is 0. The molecule has 0 atom stereocenters. The summed E-state index contributed by atoms with van der Waals surface area (Å²) in [5, 5.41) is 9.01. The van der Waals surface area contributed by atoms with Crippen LogP contribution >= 0.6 is 11.9 Å². The highest BCUT2D eigenvalue weighted by molar-refractivity contribution is 7.97. The summed E-state index contributed by atoms with van der Waals surface area (Å²) in [7, 11) is 1.67. The number of nitrogens with zero attached hydrogens (tertiary/aromatic N) is 3. The first-order valence-electron chi connectivity index (χ1n) is 7.60. The predicted molar refractivity (Wildman–Crippen MR) is 87.2 cm³/mol. The zero-order chi connectivity index (χ0) is 17.3. The lowest BCUT2D eigenvalue weighted by molar-refractivity contribution is -0.139. The SMILES string of the molecule is Cn1c(C#N)ccc1-c1ccc(SN2CCCC2)c(C(F)(F)F)c1. The second kappa shape index (κ2) is 6.54. The van der Waals surface area contributed by atoms with E-state index in [4.69, 9.17) is 5.26 Å². The maximum absolute atomic E-state index is 13.5. The third-order valence-electron chi connectivity index (χ3n) is 4.11. The van der Waals surface area contributed by atoms with Gasteiger partial charge in [-0.15, -0.1) is 0 Å². The molecule has 1 aliphatic heterocycles. The highest BCUT2D eigenvalue weighted by atomic mass is 32.2. The molecule has 0 spiro atoms. The Labute approximate surface area is 142 Å². The van der Waals surface area contributed by atoms with Gasteiger partial charge in [-0.3, -0.25) is 0 Å². The van der Waals surface area contributed by atoms with Gasteiger partial charge in [-0.25, -0.2) is 4.31 Å². The van der Waals surface area contributed by atoms with Crippen molar-refractivity contribution in [2.24, 2.45) is 7.05 Å². The number of halogens is 3. The van der Waals surface area contributed by atoms with Crippen molar-refractivity contribution < 1.29 is 13.2 Å². The van der Waals surface area contributed by atoms with Crippen LogP contribution in [0.1, 0.15) is 24.1 Å². The summed E-state index contributed by atoms with van der Waals surface area (Å²) >= 11 is 1.18. The van der Waals surface area contributed by atoms with Crippen LogP contribution in [0.15, 0.2) is 35.2 Å². The quantitative estimate of drug-likeness (QED) is 0.752. The largest absolute Gasteiger partial charge is 0.417 e. The maximum Gasteiger partial charge on any atom is 0.417 e. The van der Waals surface area contributed by atoms with Crippen molar-refractivity contribution in [3.63, 3.8) is 0 Å². The summed E-state index contributed by atoms with van der Waals surface area (Å²) in [5.41, 5.74) is 0.831. The van der Waals surface area contributed by atoms with E-state index in [0.717, 1.165) is 25.9 Å². The number of alkyl halides is 3. The summed E-state index contributed by atoms with van der Waals surface area (Å²) < 4.78 is 44.1. The predicted octanol–water partition coefficient (Wildman–Crippen LogP) is 4.69. The van der Waals surface area contributed by atoms with Crippen molar-refractivity contribution in [3.8, 4) is 17.3 Å². The zero-order valence-electron chi connectivity index (χ0n) is 13.1. The molecule has 1 aliphatic rings. The zero-order valence-corrected chi connectivity index (χ0v) is 13.9. The number of hydrogen-bond donors (Lipinski definition) is 0. The van der Waals surface area contributed by atoms with Gasteiger partial charge in [-0.1, -0.05) is 6.07 Å². The highest BCUT2D eigenvalue weighted by Crippen LogP contribution is 2.40. The van der Waals surface area contributed by atoms with Crippen LogP contribution in [0, 0.1) is 11.3 Å². The van der Waals surface area contributed by atoms with Gasteiger partial charge in [0, 0.05) is 30.7 Å². The fourth-order valence-corrected chi connectivity index (χ4v) is 3.94. The van der Waals surface area contributed by atoms with Crippen LogP contribution in [0.3, 0.4) is 0 Å². The maximum atomic E-state index is 13.5. The molecule has 2 heterocycles. The molecule has 126 valence electrons. The molecule has 0 aliphatic carbocycles. The summed E-state index contributed by atoms with van der Waals surface area (Å²) in [4.78, 5) is 0.225. The third-order valence-corrected chi connectivity index (χ3v) is 5.29. The van der Waals surface area contributed by atoms with Crippen LogP contribution in [0.2, 0.25) is 0 Å². The molecule has 3 rings (SSSR count). The monoisotopic (exact) mass is 351 g/mol.